The molecule has 0 aliphatic rings. The number of anilines is 1. The molecule has 0 fully saturated rings. The lowest BCUT2D eigenvalue weighted by molar-refractivity contribution is -0.127. The topological polar surface area (TPSA) is 64.3 Å². The van der Waals surface area contributed by atoms with Gasteiger partial charge in [-0.05, 0) is 43.9 Å². The van der Waals surface area contributed by atoms with Gasteiger partial charge in [-0.15, -0.1) is 0 Å². The number of hydrogen-bond donors (Lipinski definition) is 2. The van der Waals surface area contributed by atoms with E-state index < -0.39 is 6.10 Å². The first-order valence-corrected chi connectivity index (χ1v) is 7.60. The van der Waals surface area contributed by atoms with Gasteiger partial charge < -0.3 is 15.8 Å². The average Bonchev–Trinajstić information content (AvgIpc) is 2.32. The zero-order valence-corrected chi connectivity index (χ0v) is 14.1. The summed E-state index contributed by atoms with van der Waals surface area (Å²) >= 11 is 3.38. The minimum absolute atomic E-state index is 0.118. The molecule has 5 heteroatoms. The SMILES string of the molecule is Cc1cc(Br)cc(N)c1OC(C)C(=O)NCCC(C)C. The van der Waals surface area contributed by atoms with Crippen molar-refractivity contribution in [3.63, 3.8) is 0 Å². The molecule has 0 bridgehead atoms. The minimum atomic E-state index is -0.565. The Morgan fingerprint density at radius 2 is 2.05 bits per heavy atom. The summed E-state index contributed by atoms with van der Waals surface area (Å²) in [5, 5.41) is 2.87. The van der Waals surface area contributed by atoms with E-state index in [0.717, 1.165) is 16.5 Å². The van der Waals surface area contributed by atoms with Crippen molar-refractivity contribution in [3.8, 4) is 5.75 Å². The highest BCUT2D eigenvalue weighted by atomic mass is 79.9. The van der Waals surface area contributed by atoms with E-state index in [-0.39, 0.29) is 5.91 Å². The Hall–Kier alpha value is -1.23. The van der Waals surface area contributed by atoms with Crippen LogP contribution >= 0.6 is 15.9 Å². The number of amides is 1. The van der Waals surface area contributed by atoms with E-state index in [0.29, 0.717) is 23.9 Å². The van der Waals surface area contributed by atoms with Crippen LogP contribution in [0.25, 0.3) is 0 Å². The molecule has 0 heterocycles. The van der Waals surface area contributed by atoms with Gasteiger partial charge in [-0.2, -0.15) is 0 Å². The molecule has 1 atom stereocenters. The molecule has 3 N–H and O–H groups in total. The lowest BCUT2D eigenvalue weighted by atomic mass is 10.1. The molecule has 112 valence electrons. The number of nitrogens with one attached hydrogen (secondary N) is 1. The van der Waals surface area contributed by atoms with Crippen molar-refractivity contribution in [3.05, 3.63) is 22.2 Å². The van der Waals surface area contributed by atoms with Crippen LogP contribution in [-0.4, -0.2) is 18.6 Å². The first-order chi connectivity index (χ1) is 9.31. The normalized spacial score (nSPS) is 12.3. The third-order valence-electron chi connectivity index (χ3n) is 2.95. The Balaban J connectivity index is 2.62. The fraction of sp³-hybridized carbons (Fsp3) is 0.533. The van der Waals surface area contributed by atoms with Gasteiger partial charge in [0.15, 0.2) is 6.10 Å². The Morgan fingerprint density at radius 1 is 1.40 bits per heavy atom. The number of ether oxygens (including phenoxy) is 1. The number of nitrogens with two attached hydrogens (primary N) is 1. The maximum absolute atomic E-state index is 11.9. The first kappa shape index (κ1) is 16.8. The summed E-state index contributed by atoms with van der Waals surface area (Å²) in [7, 11) is 0. The summed E-state index contributed by atoms with van der Waals surface area (Å²) < 4.78 is 6.59. The molecule has 1 rings (SSSR count). The number of nitrogen functional groups attached to an aromatic ring is 1. The molecule has 0 spiro atoms. The molecule has 0 aromatic heterocycles. The average molecular weight is 343 g/mol. The summed E-state index contributed by atoms with van der Waals surface area (Å²) in [6.45, 7) is 8.54. The lowest BCUT2D eigenvalue weighted by Gasteiger charge is -2.18. The van der Waals surface area contributed by atoms with E-state index in [1.54, 1.807) is 13.0 Å². The maximum atomic E-state index is 11.9. The largest absolute Gasteiger partial charge is 0.478 e. The van der Waals surface area contributed by atoms with Gasteiger partial charge in [0.05, 0.1) is 5.69 Å². The summed E-state index contributed by atoms with van der Waals surface area (Å²) in [5.41, 5.74) is 7.35. The van der Waals surface area contributed by atoms with Crippen LogP contribution in [0, 0.1) is 12.8 Å². The van der Waals surface area contributed by atoms with Crippen LogP contribution in [0.1, 0.15) is 32.8 Å². The van der Waals surface area contributed by atoms with Gasteiger partial charge in [0.1, 0.15) is 5.75 Å². The number of hydrogen-bond acceptors (Lipinski definition) is 3. The van der Waals surface area contributed by atoms with Gasteiger partial charge in [0, 0.05) is 11.0 Å². The van der Waals surface area contributed by atoms with E-state index in [4.69, 9.17) is 10.5 Å². The van der Waals surface area contributed by atoms with Crippen molar-refractivity contribution in [2.24, 2.45) is 5.92 Å². The zero-order chi connectivity index (χ0) is 15.3. The lowest BCUT2D eigenvalue weighted by Crippen LogP contribution is -2.37. The zero-order valence-electron chi connectivity index (χ0n) is 12.5. The highest BCUT2D eigenvalue weighted by Gasteiger charge is 2.17. The number of halogens is 1. The van der Waals surface area contributed by atoms with Gasteiger partial charge in [-0.1, -0.05) is 29.8 Å². The fourth-order valence-electron chi connectivity index (χ4n) is 1.77. The Kier molecular flexibility index (Phi) is 6.33. The summed E-state index contributed by atoms with van der Waals surface area (Å²) in [5.74, 6) is 1.02. The van der Waals surface area contributed by atoms with Crippen LogP contribution in [0.15, 0.2) is 16.6 Å². The quantitative estimate of drug-likeness (QED) is 0.779. The van der Waals surface area contributed by atoms with Gasteiger partial charge in [-0.3, -0.25) is 4.79 Å². The van der Waals surface area contributed by atoms with Crippen LogP contribution in [0.4, 0.5) is 5.69 Å². The Labute approximate surface area is 129 Å². The summed E-state index contributed by atoms with van der Waals surface area (Å²) in [6, 6.07) is 3.68. The van der Waals surface area contributed by atoms with Crippen molar-refractivity contribution < 1.29 is 9.53 Å². The standard InChI is InChI=1S/C15H23BrN2O2/c1-9(2)5-6-18-15(19)11(4)20-14-10(3)7-12(16)8-13(14)17/h7-9,11H,5-6,17H2,1-4H3,(H,18,19). The number of benzene rings is 1. The highest BCUT2D eigenvalue weighted by molar-refractivity contribution is 9.10. The minimum Gasteiger partial charge on any atom is -0.478 e. The smallest absolute Gasteiger partial charge is 0.260 e. The molecule has 1 unspecified atom stereocenters. The number of carbonyl (C=O) groups is 1. The van der Waals surface area contributed by atoms with E-state index in [1.165, 1.54) is 0 Å². The van der Waals surface area contributed by atoms with Crippen LogP contribution < -0.4 is 15.8 Å². The molecule has 0 aliphatic heterocycles. The number of carbonyl (C=O) groups excluding carboxylic acids is 1. The molecule has 1 aromatic rings. The van der Waals surface area contributed by atoms with Gasteiger partial charge in [-0.25, -0.2) is 0 Å². The first-order valence-electron chi connectivity index (χ1n) is 6.81. The van der Waals surface area contributed by atoms with Crippen molar-refractivity contribution in [2.75, 3.05) is 12.3 Å². The molecule has 0 saturated carbocycles. The molecule has 0 radical (unpaired) electrons. The van der Waals surface area contributed by atoms with E-state index in [9.17, 15) is 4.79 Å². The highest BCUT2D eigenvalue weighted by Crippen LogP contribution is 2.30. The predicted molar refractivity (Wildman–Crippen MR) is 85.8 cm³/mol. The molecule has 1 aromatic carbocycles. The molecule has 0 saturated heterocycles. The third kappa shape index (κ3) is 5.04. The molecule has 4 nitrogen and oxygen atoms in total. The Morgan fingerprint density at radius 3 is 2.60 bits per heavy atom. The Bertz CT molecular complexity index is 452. The second-order valence-corrected chi connectivity index (χ2v) is 6.29. The monoisotopic (exact) mass is 342 g/mol. The van der Waals surface area contributed by atoms with Crippen LogP contribution in [0.5, 0.6) is 5.75 Å². The van der Waals surface area contributed by atoms with Gasteiger partial charge in [0.2, 0.25) is 0 Å². The third-order valence-corrected chi connectivity index (χ3v) is 3.41. The molecular weight excluding hydrogens is 320 g/mol. The predicted octanol–water partition coefficient (Wildman–Crippen LogP) is 3.27. The van der Waals surface area contributed by atoms with E-state index in [1.807, 2.05) is 13.0 Å². The van der Waals surface area contributed by atoms with Gasteiger partial charge in [0.25, 0.3) is 5.91 Å². The van der Waals surface area contributed by atoms with Crippen molar-refractivity contribution in [1.82, 2.24) is 5.32 Å². The van der Waals surface area contributed by atoms with E-state index in [2.05, 4.69) is 35.1 Å². The van der Waals surface area contributed by atoms with Crippen molar-refractivity contribution in [2.45, 2.75) is 40.2 Å². The molecule has 0 aliphatic carbocycles. The van der Waals surface area contributed by atoms with Crippen LogP contribution in [0.3, 0.4) is 0 Å². The fourth-order valence-corrected chi connectivity index (χ4v) is 2.36. The molecule has 20 heavy (non-hydrogen) atoms. The van der Waals surface area contributed by atoms with Crippen molar-refractivity contribution >= 4 is 27.5 Å². The molecule has 1 amide bonds. The second kappa shape index (κ2) is 7.53. The van der Waals surface area contributed by atoms with Crippen molar-refractivity contribution in [1.29, 1.82) is 0 Å². The molecular formula is C15H23BrN2O2. The maximum Gasteiger partial charge on any atom is 0.260 e. The number of rotatable bonds is 6. The summed E-state index contributed by atoms with van der Waals surface area (Å²) in [6.07, 6.45) is 0.391. The second-order valence-electron chi connectivity index (χ2n) is 5.37. The summed E-state index contributed by atoms with van der Waals surface area (Å²) in [4.78, 5) is 11.9. The van der Waals surface area contributed by atoms with Crippen LogP contribution in [0.2, 0.25) is 0 Å². The number of aryl methyl sites for hydroxylation is 1. The van der Waals surface area contributed by atoms with E-state index >= 15 is 0 Å². The van der Waals surface area contributed by atoms with Crippen LogP contribution in [-0.2, 0) is 4.79 Å². The van der Waals surface area contributed by atoms with Gasteiger partial charge >= 0.3 is 0 Å².